The number of sulfonamides is 1. The Hall–Kier alpha value is -1.65. The molecule has 1 aromatic rings. The monoisotopic (exact) mass is 503 g/mol. The highest BCUT2D eigenvalue weighted by molar-refractivity contribution is 7.89. The Bertz CT molecular complexity index is 938. The molecule has 0 radical (unpaired) electrons. The lowest BCUT2D eigenvalue weighted by molar-refractivity contribution is -0.137. The summed E-state index contributed by atoms with van der Waals surface area (Å²) in [6.07, 6.45) is 2.15. The molecule has 0 aromatic heterocycles. The van der Waals surface area contributed by atoms with E-state index in [2.05, 4.69) is 4.90 Å². The summed E-state index contributed by atoms with van der Waals surface area (Å²) in [5.41, 5.74) is -0.986. The molecule has 1 amide bonds. The largest absolute Gasteiger partial charge is 0.416 e. The second-order valence-electron chi connectivity index (χ2n) is 9.77. The first-order valence-corrected chi connectivity index (χ1v) is 13.5. The fraction of sp³-hybridized carbons (Fsp3) is 0.708. The van der Waals surface area contributed by atoms with Gasteiger partial charge in [0.15, 0.2) is 0 Å². The Kier molecular flexibility index (Phi) is 8.68. The summed E-state index contributed by atoms with van der Waals surface area (Å²) in [5.74, 6) is 0.0448. The van der Waals surface area contributed by atoms with E-state index in [1.807, 2.05) is 7.05 Å². The van der Waals surface area contributed by atoms with Gasteiger partial charge in [0.05, 0.1) is 17.0 Å². The first-order valence-electron chi connectivity index (χ1n) is 12.1. The molecule has 1 aromatic carbocycles. The van der Waals surface area contributed by atoms with Crippen molar-refractivity contribution in [2.75, 3.05) is 26.7 Å². The Morgan fingerprint density at radius 3 is 2.24 bits per heavy atom. The lowest BCUT2D eigenvalue weighted by Crippen LogP contribution is -2.52. The van der Waals surface area contributed by atoms with Crippen LogP contribution in [-0.2, 0) is 21.0 Å². The summed E-state index contributed by atoms with van der Waals surface area (Å²) in [6.45, 7) is 4.67. The normalized spacial score (nSPS) is 19.4. The number of carbonyl (C=O) groups excluding carboxylic acids is 1. The molecule has 1 saturated heterocycles. The molecule has 6 nitrogen and oxygen atoms in total. The minimum absolute atomic E-state index is 0.0448. The van der Waals surface area contributed by atoms with Gasteiger partial charge >= 0.3 is 6.18 Å². The van der Waals surface area contributed by atoms with E-state index >= 15 is 0 Å². The van der Waals surface area contributed by atoms with Crippen LogP contribution in [0.15, 0.2) is 29.2 Å². The second kappa shape index (κ2) is 11.0. The van der Waals surface area contributed by atoms with Gasteiger partial charge in [0.25, 0.3) is 0 Å². The average Bonchev–Trinajstić information content (AvgIpc) is 2.79. The smallest absolute Gasteiger partial charge is 0.341 e. The number of likely N-dealkylation sites (tertiary alicyclic amines) is 1. The minimum Gasteiger partial charge on any atom is -0.341 e. The molecular weight excluding hydrogens is 467 g/mol. The van der Waals surface area contributed by atoms with E-state index in [0.717, 1.165) is 25.0 Å². The first-order chi connectivity index (χ1) is 15.9. The predicted molar refractivity (Wildman–Crippen MR) is 125 cm³/mol. The van der Waals surface area contributed by atoms with Crippen molar-refractivity contribution in [2.45, 2.75) is 88.0 Å². The fourth-order valence-corrected chi connectivity index (χ4v) is 7.11. The van der Waals surface area contributed by atoms with Crippen LogP contribution in [0.4, 0.5) is 13.2 Å². The molecule has 1 heterocycles. The van der Waals surface area contributed by atoms with Crippen molar-refractivity contribution in [3.8, 4) is 0 Å². The van der Waals surface area contributed by atoms with Gasteiger partial charge in [-0.05, 0) is 64.8 Å². The maximum Gasteiger partial charge on any atom is 0.416 e. The number of amides is 1. The van der Waals surface area contributed by atoms with Crippen LogP contribution in [0.1, 0.15) is 64.4 Å². The third kappa shape index (κ3) is 6.31. The van der Waals surface area contributed by atoms with E-state index in [-0.39, 0.29) is 16.8 Å². The molecule has 2 fully saturated rings. The van der Waals surface area contributed by atoms with Crippen molar-refractivity contribution >= 4 is 15.9 Å². The Morgan fingerprint density at radius 1 is 1.06 bits per heavy atom. The quantitative estimate of drug-likeness (QED) is 0.555. The summed E-state index contributed by atoms with van der Waals surface area (Å²) in [4.78, 5) is 16.4. The van der Waals surface area contributed by atoms with Gasteiger partial charge in [-0.15, -0.1) is 0 Å². The van der Waals surface area contributed by atoms with Crippen LogP contribution in [0.25, 0.3) is 0 Å². The number of hydrogen-bond donors (Lipinski definition) is 0. The SMILES string of the molecule is CC(C)N(C1CCN(C(=O)CN(C)C2CCCCC2)CC1)S(=O)(=O)c1cccc(C(F)(F)F)c1. The minimum atomic E-state index is -4.62. The van der Waals surface area contributed by atoms with E-state index in [9.17, 15) is 26.4 Å². The number of alkyl halides is 3. The van der Waals surface area contributed by atoms with Gasteiger partial charge in [0, 0.05) is 31.2 Å². The number of nitrogens with zero attached hydrogens (tertiary/aromatic N) is 3. The van der Waals surface area contributed by atoms with Crippen molar-refractivity contribution in [1.29, 1.82) is 0 Å². The van der Waals surface area contributed by atoms with Crippen LogP contribution in [0.3, 0.4) is 0 Å². The molecule has 0 N–H and O–H groups in total. The highest BCUT2D eigenvalue weighted by atomic mass is 32.2. The van der Waals surface area contributed by atoms with Crippen molar-refractivity contribution in [2.24, 2.45) is 0 Å². The summed E-state index contributed by atoms with van der Waals surface area (Å²) in [6, 6.07) is 3.53. The van der Waals surface area contributed by atoms with Gasteiger partial charge in [-0.2, -0.15) is 17.5 Å². The lowest BCUT2D eigenvalue weighted by atomic mass is 9.94. The topological polar surface area (TPSA) is 60.9 Å². The number of likely N-dealkylation sites (N-methyl/N-ethyl adjacent to an activating group) is 1. The van der Waals surface area contributed by atoms with Gasteiger partial charge in [-0.3, -0.25) is 9.69 Å². The van der Waals surface area contributed by atoms with Crippen LogP contribution in [0.2, 0.25) is 0 Å². The zero-order chi connectivity index (χ0) is 25.1. The zero-order valence-electron chi connectivity index (χ0n) is 20.2. The first kappa shape index (κ1) is 26.9. The van der Waals surface area contributed by atoms with Gasteiger partial charge in [-0.1, -0.05) is 25.3 Å². The fourth-order valence-electron chi connectivity index (χ4n) is 5.18. The van der Waals surface area contributed by atoms with Crippen molar-refractivity contribution in [3.05, 3.63) is 29.8 Å². The molecular formula is C24H36F3N3O3S. The van der Waals surface area contributed by atoms with E-state index < -0.39 is 27.8 Å². The van der Waals surface area contributed by atoms with Crippen LogP contribution in [0, 0.1) is 0 Å². The highest BCUT2D eigenvalue weighted by Gasteiger charge is 2.38. The van der Waals surface area contributed by atoms with Gasteiger partial charge in [-0.25, -0.2) is 8.42 Å². The molecule has 192 valence electrons. The van der Waals surface area contributed by atoms with Crippen LogP contribution < -0.4 is 0 Å². The van der Waals surface area contributed by atoms with Crippen LogP contribution in [-0.4, -0.2) is 73.2 Å². The number of carbonyl (C=O) groups is 1. The number of hydrogen-bond acceptors (Lipinski definition) is 4. The predicted octanol–water partition coefficient (Wildman–Crippen LogP) is 4.36. The molecule has 0 spiro atoms. The molecule has 1 saturated carbocycles. The molecule has 34 heavy (non-hydrogen) atoms. The molecule has 0 unspecified atom stereocenters. The van der Waals surface area contributed by atoms with Crippen LogP contribution in [0.5, 0.6) is 0 Å². The van der Waals surface area contributed by atoms with Crippen molar-refractivity contribution in [1.82, 2.24) is 14.1 Å². The third-order valence-electron chi connectivity index (χ3n) is 7.01. The Labute approximate surface area is 201 Å². The van der Waals surface area contributed by atoms with E-state index in [0.29, 0.717) is 44.6 Å². The maximum atomic E-state index is 13.4. The molecule has 0 bridgehead atoms. The van der Waals surface area contributed by atoms with Crippen molar-refractivity contribution < 1.29 is 26.4 Å². The van der Waals surface area contributed by atoms with Crippen LogP contribution >= 0.6 is 0 Å². The number of benzene rings is 1. The summed E-state index contributed by atoms with van der Waals surface area (Å²) < 4.78 is 67.5. The summed E-state index contributed by atoms with van der Waals surface area (Å²) in [5, 5.41) is 0. The lowest BCUT2D eigenvalue weighted by Gasteiger charge is -2.40. The molecule has 10 heteroatoms. The van der Waals surface area contributed by atoms with E-state index in [1.165, 1.54) is 29.6 Å². The third-order valence-corrected chi connectivity index (χ3v) is 9.13. The summed E-state index contributed by atoms with van der Waals surface area (Å²) in [7, 11) is -2.14. The molecule has 3 rings (SSSR count). The average molecular weight is 504 g/mol. The molecule has 0 atom stereocenters. The maximum absolute atomic E-state index is 13.4. The standard InChI is InChI=1S/C24H36F3N3O3S/c1-18(2)30(34(32,33)22-11-7-8-19(16-22)24(25,26)27)21-12-14-29(15-13-21)23(31)17-28(3)20-9-5-4-6-10-20/h7-8,11,16,18,20-21H,4-6,9-10,12-15,17H2,1-3H3. The van der Waals surface area contributed by atoms with E-state index in [4.69, 9.17) is 0 Å². The molecule has 2 aliphatic rings. The molecule has 1 aliphatic carbocycles. The second-order valence-corrected chi connectivity index (χ2v) is 11.6. The van der Waals surface area contributed by atoms with Gasteiger partial charge in [0.1, 0.15) is 0 Å². The zero-order valence-corrected chi connectivity index (χ0v) is 21.0. The van der Waals surface area contributed by atoms with Gasteiger partial charge < -0.3 is 4.90 Å². The van der Waals surface area contributed by atoms with Crippen molar-refractivity contribution in [3.63, 3.8) is 0 Å². The Morgan fingerprint density at radius 2 is 1.68 bits per heavy atom. The summed E-state index contributed by atoms with van der Waals surface area (Å²) >= 11 is 0. The number of rotatable bonds is 7. The number of halogens is 3. The number of piperidine rings is 1. The molecule has 1 aliphatic heterocycles. The van der Waals surface area contributed by atoms with E-state index in [1.54, 1.807) is 18.7 Å². The Balaban J connectivity index is 1.66. The van der Waals surface area contributed by atoms with Gasteiger partial charge in [0.2, 0.25) is 15.9 Å². The highest BCUT2D eigenvalue weighted by Crippen LogP contribution is 2.33.